The number of aromatic nitrogens is 2. The molecule has 0 radical (unpaired) electrons. The van der Waals surface area contributed by atoms with Crippen molar-refractivity contribution in [2.75, 3.05) is 0 Å². The van der Waals surface area contributed by atoms with E-state index < -0.39 is 17.3 Å². The van der Waals surface area contributed by atoms with Crippen molar-refractivity contribution in [1.29, 1.82) is 5.26 Å². The van der Waals surface area contributed by atoms with E-state index in [2.05, 4.69) is 9.97 Å². The Morgan fingerprint density at radius 2 is 1.85 bits per heavy atom. The first-order valence-corrected chi connectivity index (χ1v) is 8.89. The van der Waals surface area contributed by atoms with Gasteiger partial charge in [-0.25, -0.2) is 9.97 Å². The fourth-order valence-electron chi connectivity index (χ4n) is 2.42. The number of nitrogens with zero attached hydrogens (tertiary/aromatic N) is 3. The Morgan fingerprint density at radius 1 is 1.15 bits per heavy atom. The van der Waals surface area contributed by atoms with Crippen LogP contribution in [0.25, 0.3) is 11.5 Å². The van der Waals surface area contributed by atoms with Crippen LogP contribution in [0.5, 0.6) is 0 Å². The van der Waals surface area contributed by atoms with Crippen LogP contribution in [-0.2, 0) is 11.9 Å². The summed E-state index contributed by atoms with van der Waals surface area (Å²) in [5.41, 5.74) is 1.22. The maximum atomic E-state index is 13.2. The fourth-order valence-corrected chi connectivity index (χ4v) is 3.35. The van der Waals surface area contributed by atoms with Gasteiger partial charge in [0.15, 0.2) is 0 Å². The van der Waals surface area contributed by atoms with E-state index in [4.69, 9.17) is 4.42 Å². The summed E-state index contributed by atoms with van der Waals surface area (Å²) >= 11 is 1.02. The van der Waals surface area contributed by atoms with Crippen molar-refractivity contribution in [2.45, 2.75) is 30.8 Å². The Morgan fingerprint density at radius 3 is 2.48 bits per heavy atom. The van der Waals surface area contributed by atoms with Gasteiger partial charge in [0.2, 0.25) is 5.89 Å². The Labute approximate surface area is 158 Å². The molecule has 0 bridgehead atoms. The van der Waals surface area contributed by atoms with Gasteiger partial charge in [0.05, 0.1) is 16.8 Å². The van der Waals surface area contributed by atoms with E-state index in [0.29, 0.717) is 11.6 Å². The molecule has 3 rings (SSSR count). The number of oxazole rings is 1. The molecular weight excluding hydrogens is 375 g/mol. The predicted molar refractivity (Wildman–Crippen MR) is 94.9 cm³/mol. The molecule has 2 heterocycles. The fraction of sp³-hybridized carbons (Fsp3) is 0.211. The molecule has 0 aliphatic rings. The van der Waals surface area contributed by atoms with E-state index in [9.17, 15) is 18.4 Å². The lowest BCUT2D eigenvalue weighted by molar-refractivity contribution is -0.138. The molecule has 0 N–H and O–H groups in total. The zero-order valence-electron chi connectivity index (χ0n) is 14.5. The van der Waals surface area contributed by atoms with Crippen LogP contribution >= 0.6 is 11.8 Å². The van der Waals surface area contributed by atoms with Crippen molar-refractivity contribution >= 4 is 11.8 Å². The van der Waals surface area contributed by atoms with Crippen molar-refractivity contribution in [3.63, 3.8) is 0 Å². The first-order valence-electron chi connectivity index (χ1n) is 7.91. The molecule has 4 nitrogen and oxygen atoms in total. The van der Waals surface area contributed by atoms with Crippen molar-refractivity contribution in [3.05, 3.63) is 64.7 Å². The monoisotopic (exact) mass is 389 g/mol. The molecule has 138 valence electrons. The lowest BCUT2D eigenvalue weighted by Crippen LogP contribution is -2.10. The van der Waals surface area contributed by atoms with Gasteiger partial charge >= 0.3 is 6.18 Å². The van der Waals surface area contributed by atoms with E-state index in [1.54, 1.807) is 6.07 Å². The van der Waals surface area contributed by atoms with Gasteiger partial charge in [-0.15, -0.1) is 0 Å². The number of hydrogen-bond donors (Lipinski definition) is 0. The normalized spacial score (nSPS) is 11.4. The zero-order valence-corrected chi connectivity index (χ0v) is 15.3. The second kappa shape index (κ2) is 7.45. The number of nitriles is 1. The van der Waals surface area contributed by atoms with Gasteiger partial charge in [-0.1, -0.05) is 29.5 Å². The SMILES string of the molecule is Cc1ccc(-c2nc(CSc3nc(C)cc(C(F)(F)F)c3C#N)co2)cc1. The van der Waals surface area contributed by atoms with Gasteiger partial charge in [0.25, 0.3) is 0 Å². The number of aryl methyl sites for hydroxylation is 2. The molecular formula is C19H14F3N3OS. The molecule has 0 spiro atoms. The average molecular weight is 389 g/mol. The number of rotatable bonds is 4. The summed E-state index contributed by atoms with van der Waals surface area (Å²) in [5, 5.41) is 9.22. The molecule has 2 aromatic heterocycles. The molecule has 0 saturated carbocycles. The zero-order chi connectivity index (χ0) is 19.6. The van der Waals surface area contributed by atoms with Crippen molar-refractivity contribution < 1.29 is 17.6 Å². The highest BCUT2D eigenvalue weighted by atomic mass is 32.2. The Balaban J connectivity index is 1.83. The number of halogens is 3. The first kappa shape index (κ1) is 19.0. The molecule has 0 fully saturated rings. The number of benzene rings is 1. The van der Waals surface area contributed by atoms with Crippen LogP contribution < -0.4 is 0 Å². The highest BCUT2D eigenvalue weighted by molar-refractivity contribution is 7.98. The van der Waals surface area contributed by atoms with E-state index in [0.717, 1.165) is 29.0 Å². The molecule has 8 heteroatoms. The van der Waals surface area contributed by atoms with Crippen LogP contribution in [0, 0.1) is 25.2 Å². The largest absolute Gasteiger partial charge is 0.444 e. The van der Waals surface area contributed by atoms with Gasteiger partial charge in [-0.3, -0.25) is 0 Å². The topological polar surface area (TPSA) is 62.7 Å². The van der Waals surface area contributed by atoms with Gasteiger partial charge in [0, 0.05) is 17.0 Å². The maximum absolute atomic E-state index is 13.2. The Kier molecular flexibility index (Phi) is 5.24. The minimum Gasteiger partial charge on any atom is -0.444 e. The molecule has 0 aliphatic heterocycles. The second-order valence-electron chi connectivity index (χ2n) is 5.90. The number of pyridine rings is 1. The Hall–Kier alpha value is -2.79. The van der Waals surface area contributed by atoms with Crippen molar-refractivity contribution in [3.8, 4) is 17.5 Å². The summed E-state index contributed by atoms with van der Waals surface area (Å²) in [7, 11) is 0. The van der Waals surface area contributed by atoms with Crippen LogP contribution in [0.3, 0.4) is 0 Å². The minimum absolute atomic E-state index is 0.0321. The van der Waals surface area contributed by atoms with E-state index in [-0.39, 0.29) is 16.5 Å². The number of alkyl halides is 3. The van der Waals surface area contributed by atoms with Crippen LogP contribution in [0.4, 0.5) is 13.2 Å². The van der Waals surface area contributed by atoms with Crippen LogP contribution in [0.2, 0.25) is 0 Å². The van der Waals surface area contributed by atoms with E-state index >= 15 is 0 Å². The summed E-state index contributed by atoms with van der Waals surface area (Å²) in [6.45, 7) is 3.43. The summed E-state index contributed by atoms with van der Waals surface area (Å²) in [6, 6.07) is 10.1. The van der Waals surface area contributed by atoms with E-state index in [1.807, 2.05) is 31.2 Å². The van der Waals surface area contributed by atoms with Gasteiger partial charge < -0.3 is 4.42 Å². The Bertz CT molecular complexity index is 1000. The summed E-state index contributed by atoms with van der Waals surface area (Å²) in [6.07, 6.45) is -3.16. The quantitative estimate of drug-likeness (QED) is 0.549. The standard InChI is InChI=1S/C19H14F3N3OS/c1-11-3-5-13(6-4-11)17-25-14(9-26-17)10-27-18-15(8-23)16(19(20,21)22)7-12(2)24-18/h3-7,9H,10H2,1-2H3. The third-order valence-corrected chi connectivity index (χ3v) is 4.75. The molecule has 0 aliphatic carbocycles. The van der Waals surface area contributed by atoms with Crippen LogP contribution in [-0.4, -0.2) is 9.97 Å². The lowest BCUT2D eigenvalue weighted by Gasteiger charge is -2.12. The second-order valence-corrected chi connectivity index (χ2v) is 6.86. The third kappa shape index (κ3) is 4.31. The number of thioether (sulfide) groups is 1. The third-order valence-electron chi connectivity index (χ3n) is 3.74. The summed E-state index contributed by atoms with van der Waals surface area (Å²) in [5.74, 6) is 0.664. The average Bonchev–Trinajstić information content (AvgIpc) is 3.08. The van der Waals surface area contributed by atoms with Crippen LogP contribution in [0.1, 0.15) is 28.1 Å². The van der Waals surface area contributed by atoms with Gasteiger partial charge in [-0.2, -0.15) is 18.4 Å². The molecule has 0 amide bonds. The molecule has 0 saturated heterocycles. The maximum Gasteiger partial charge on any atom is 0.417 e. The lowest BCUT2D eigenvalue weighted by atomic mass is 10.1. The summed E-state index contributed by atoms with van der Waals surface area (Å²) < 4.78 is 44.9. The van der Waals surface area contributed by atoms with Crippen LogP contribution in [0.15, 0.2) is 46.0 Å². The summed E-state index contributed by atoms with van der Waals surface area (Å²) in [4.78, 5) is 8.44. The molecule has 0 atom stereocenters. The highest BCUT2D eigenvalue weighted by Crippen LogP contribution is 2.36. The first-order chi connectivity index (χ1) is 12.8. The predicted octanol–water partition coefficient (Wildman–Crippen LogP) is 5.54. The molecule has 1 aromatic carbocycles. The van der Waals surface area contributed by atoms with Gasteiger partial charge in [-0.05, 0) is 32.0 Å². The van der Waals surface area contributed by atoms with Crippen molar-refractivity contribution in [2.24, 2.45) is 0 Å². The minimum atomic E-state index is -4.61. The molecule has 0 unspecified atom stereocenters. The van der Waals surface area contributed by atoms with Gasteiger partial charge in [0.1, 0.15) is 17.4 Å². The highest BCUT2D eigenvalue weighted by Gasteiger charge is 2.35. The molecule has 27 heavy (non-hydrogen) atoms. The van der Waals surface area contributed by atoms with Crippen molar-refractivity contribution in [1.82, 2.24) is 9.97 Å². The number of hydrogen-bond acceptors (Lipinski definition) is 5. The smallest absolute Gasteiger partial charge is 0.417 e. The molecule has 3 aromatic rings. The van der Waals surface area contributed by atoms with E-state index in [1.165, 1.54) is 13.2 Å².